The van der Waals surface area contributed by atoms with E-state index in [0.29, 0.717) is 13.2 Å². The molecule has 0 radical (unpaired) electrons. The van der Waals surface area contributed by atoms with Gasteiger partial charge in [-0.2, -0.15) is 0 Å². The summed E-state index contributed by atoms with van der Waals surface area (Å²) in [6.07, 6.45) is -0.468. The first kappa shape index (κ1) is 12.8. The SMILES string of the molecule is COC(=O)C1CN(Cc2ccc(Cl)s2)CCO1. The predicted octanol–water partition coefficient (Wildman–Crippen LogP) is 1.78. The average Bonchev–Trinajstić information content (AvgIpc) is 2.74. The first-order valence-corrected chi connectivity index (χ1v) is 6.54. The highest BCUT2D eigenvalue weighted by Crippen LogP contribution is 2.23. The van der Waals surface area contributed by atoms with Crippen LogP contribution in [0.3, 0.4) is 0 Å². The van der Waals surface area contributed by atoms with Crippen LogP contribution >= 0.6 is 22.9 Å². The molecule has 1 aromatic heterocycles. The Kier molecular flexibility index (Phi) is 4.39. The minimum Gasteiger partial charge on any atom is -0.467 e. The molecule has 0 aromatic carbocycles. The second-order valence-electron chi connectivity index (χ2n) is 3.82. The van der Waals surface area contributed by atoms with E-state index in [2.05, 4.69) is 9.64 Å². The Hall–Kier alpha value is -0.620. The van der Waals surface area contributed by atoms with Crippen molar-refractivity contribution < 1.29 is 14.3 Å². The zero-order chi connectivity index (χ0) is 12.3. The van der Waals surface area contributed by atoms with Gasteiger partial charge in [-0.3, -0.25) is 4.90 Å². The molecule has 0 amide bonds. The Bertz CT molecular complexity index is 396. The van der Waals surface area contributed by atoms with Crippen LogP contribution < -0.4 is 0 Å². The van der Waals surface area contributed by atoms with Crippen LogP contribution in [0.5, 0.6) is 0 Å². The fraction of sp³-hybridized carbons (Fsp3) is 0.545. The minimum absolute atomic E-state index is 0.307. The van der Waals surface area contributed by atoms with Gasteiger partial charge in [-0.1, -0.05) is 11.6 Å². The van der Waals surface area contributed by atoms with Crippen molar-refractivity contribution in [2.45, 2.75) is 12.6 Å². The number of hydrogen-bond donors (Lipinski definition) is 0. The van der Waals surface area contributed by atoms with Gasteiger partial charge in [-0.15, -0.1) is 11.3 Å². The second kappa shape index (κ2) is 5.82. The maximum atomic E-state index is 11.4. The smallest absolute Gasteiger partial charge is 0.336 e. The molecule has 6 heteroatoms. The van der Waals surface area contributed by atoms with Gasteiger partial charge < -0.3 is 9.47 Å². The minimum atomic E-state index is -0.468. The third-order valence-corrected chi connectivity index (χ3v) is 3.84. The number of thiophene rings is 1. The Labute approximate surface area is 109 Å². The fourth-order valence-corrected chi connectivity index (χ4v) is 2.91. The molecule has 2 heterocycles. The van der Waals surface area contributed by atoms with Crippen molar-refractivity contribution in [1.82, 2.24) is 4.90 Å². The number of ether oxygens (including phenoxy) is 2. The van der Waals surface area contributed by atoms with Gasteiger partial charge in [0.1, 0.15) is 0 Å². The van der Waals surface area contributed by atoms with Gasteiger partial charge in [0.15, 0.2) is 6.10 Å². The third-order valence-electron chi connectivity index (χ3n) is 2.62. The number of carbonyl (C=O) groups is 1. The van der Waals surface area contributed by atoms with Gasteiger partial charge in [0.05, 0.1) is 18.1 Å². The lowest BCUT2D eigenvalue weighted by Crippen LogP contribution is -2.45. The van der Waals surface area contributed by atoms with Crippen LogP contribution in [0.15, 0.2) is 12.1 Å². The standard InChI is InChI=1S/C11H14ClNO3S/c1-15-11(14)9-7-13(4-5-16-9)6-8-2-3-10(12)17-8/h2-3,9H,4-7H2,1H3. The van der Waals surface area contributed by atoms with E-state index in [1.165, 1.54) is 12.0 Å². The third kappa shape index (κ3) is 3.42. The van der Waals surface area contributed by atoms with Crippen LogP contribution in [0.1, 0.15) is 4.88 Å². The number of hydrogen-bond acceptors (Lipinski definition) is 5. The number of methoxy groups -OCH3 is 1. The lowest BCUT2D eigenvalue weighted by atomic mass is 10.2. The number of esters is 1. The number of morpholine rings is 1. The van der Waals surface area contributed by atoms with Crippen molar-refractivity contribution in [1.29, 1.82) is 0 Å². The summed E-state index contributed by atoms with van der Waals surface area (Å²) < 4.78 is 10.8. The van der Waals surface area contributed by atoms with Crippen molar-refractivity contribution in [2.75, 3.05) is 26.8 Å². The summed E-state index contributed by atoms with van der Waals surface area (Å²) >= 11 is 7.44. The van der Waals surface area contributed by atoms with E-state index in [0.717, 1.165) is 17.4 Å². The van der Waals surface area contributed by atoms with Crippen LogP contribution in [0.25, 0.3) is 0 Å². The zero-order valence-electron chi connectivity index (χ0n) is 9.52. The summed E-state index contributed by atoms with van der Waals surface area (Å²) in [6.45, 7) is 2.75. The first-order valence-electron chi connectivity index (χ1n) is 5.35. The molecular weight excluding hydrogens is 262 g/mol. The highest BCUT2D eigenvalue weighted by atomic mass is 35.5. The van der Waals surface area contributed by atoms with E-state index < -0.39 is 6.10 Å². The van der Waals surface area contributed by atoms with Gasteiger partial charge in [0.25, 0.3) is 0 Å². The summed E-state index contributed by atoms with van der Waals surface area (Å²) in [4.78, 5) is 14.7. The molecule has 1 aliphatic rings. The lowest BCUT2D eigenvalue weighted by molar-refractivity contribution is -0.159. The van der Waals surface area contributed by atoms with E-state index in [4.69, 9.17) is 16.3 Å². The van der Waals surface area contributed by atoms with Gasteiger partial charge in [0.2, 0.25) is 0 Å². The lowest BCUT2D eigenvalue weighted by Gasteiger charge is -2.30. The largest absolute Gasteiger partial charge is 0.467 e. The van der Waals surface area contributed by atoms with E-state index in [-0.39, 0.29) is 5.97 Å². The summed E-state index contributed by atoms with van der Waals surface area (Å²) in [7, 11) is 1.38. The van der Waals surface area contributed by atoms with Crippen LogP contribution in [0, 0.1) is 0 Å². The van der Waals surface area contributed by atoms with Crippen molar-refractivity contribution in [2.24, 2.45) is 0 Å². The Balaban J connectivity index is 1.91. The molecule has 0 N–H and O–H groups in total. The molecule has 4 nitrogen and oxygen atoms in total. The summed E-state index contributed by atoms with van der Waals surface area (Å²) in [5.41, 5.74) is 0. The molecule has 0 bridgehead atoms. The van der Waals surface area contributed by atoms with E-state index in [1.807, 2.05) is 12.1 Å². The Morgan fingerprint density at radius 2 is 2.53 bits per heavy atom. The average molecular weight is 276 g/mol. The van der Waals surface area contributed by atoms with Crippen LogP contribution in [0.2, 0.25) is 4.34 Å². The van der Waals surface area contributed by atoms with Crippen LogP contribution in [-0.2, 0) is 20.8 Å². The molecule has 0 aliphatic carbocycles. The van der Waals surface area contributed by atoms with E-state index in [9.17, 15) is 4.79 Å². The second-order valence-corrected chi connectivity index (χ2v) is 5.62. The molecule has 1 atom stereocenters. The highest BCUT2D eigenvalue weighted by molar-refractivity contribution is 7.16. The molecule has 17 heavy (non-hydrogen) atoms. The maximum Gasteiger partial charge on any atom is 0.336 e. The monoisotopic (exact) mass is 275 g/mol. The Morgan fingerprint density at radius 3 is 3.18 bits per heavy atom. The number of rotatable bonds is 3. The molecular formula is C11H14ClNO3S. The Morgan fingerprint density at radius 1 is 1.71 bits per heavy atom. The molecule has 1 saturated heterocycles. The van der Waals surface area contributed by atoms with E-state index >= 15 is 0 Å². The molecule has 1 aromatic rings. The highest BCUT2D eigenvalue weighted by Gasteiger charge is 2.27. The molecule has 1 unspecified atom stereocenters. The number of carbonyl (C=O) groups excluding carboxylic acids is 1. The van der Waals surface area contributed by atoms with Crippen molar-refractivity contribution in [3.05, 3.63) is 21.3 Å². The van der Waals surface area contributed by atoms with Gasteiger partial charge in [-0.25, -0.2) is 4.79 Å². The molecule has 94 valence electrons. The summed E-state index contributed by atoms with van der Waals surface area (Å²) in [5.74, 6) is -0.307. The van der Waals surface area contributed by atoms with Crippen LogP contribution in [0.4, 0.5) is 0 Å². The predicted molar refractivity (Wildman–Crippen MR) is 66.4 cm³/mol. The van der Waals surface area contributed by atoms with Crippen LogP contribution in [-0.4, -0.2) is 43.8 Å². The molecule has 1 fully saturated rings. The fourth-order valence-electron chi connectivity index (χ4n) is 1.78. The van der Waals surface area contributed by atoms with Gasteiger partial charge >= 0.3 is 5.97 Å². The van der Waals surface area contributed by atoms with Gasteiger partial charge in [0, 0.05) is 24.5 Å². The van der Waals surface area contributed by atoms with E-state index in [1.54, 1.807) is 11.3 Å². The molecule has 0 saturated carbocycles. The quantitative estimate of drug-likeness (QED) is 0.788. The topological polar surface area (TPSA) is 38.8 Å². The van der Waals surface area contributed by atoms with Gasteiger partial charge in [-0.05, 0) is 12.1 Å². The summed E-state index contributed by atoms with van der Waals surface area (Å²) in [5, 5.41) is 0. The van der Waals surface area contributed by atoms with Crippen molar-refractivity contribution in [3.8, 4) is 0 Å². The molecule has 2 rings (SSSR count). The normalized spacial score (nSPS) is 21.4. The maximum absolute atomic E-state index is 11.4. The molecule has 1 aliphatic heterocycles. The van der Waals surface area contributed by atoms with Crippen molar-refractivity contribution in [3.63, 3.8) is 0 Å². The summed E-state index contributed by atoms with van der Waals surface area (Å²) in [6, 6.07) is 3.90. The molecule has 0 spiro atoms. The first-order chi connectivity index (χ1) is 8.19. The van der Waals surface area contributed by atoms with Crippen molar-refractivity contribution >= 4 is 28.9 Å². The number of nitrogens with zero attached hydrogens (tertiary/aromatic N) is 1. The zero-order valence-corrected chi connectivity index (χ0v) is 11.1. The number of halogens is 1.